The van der Waals surface area contributed by atoms with Crippen LogP contribution in [0.4, 0.5) is 5.69 Å². The Morgan fingerprint density at radius 3 is 2.49 bits per heavy atom. The van der Waals surface area contributed by atoms with Gasteiger partial charge in [0.05, 0.1) is 18.4 Å². The number of fused-ring (bicyclic) bond motifs is 1. The summed E-state index contributed by atoms with van der Waals surface area (Å²) in [7, 11) is -3.11. The maximum atomic E-state index is 12.8. The fourth-order valence-corrected chi connectivity index (χ4v) is 5.55. The predicted molar refractivity (Wildman–Crippen MR) is 145 cm³/mol. The fourth-order valence-electron chi connectivity index (χ4n) is 4.67. The van der Waals surface area contributed by atoms with Crippen LogP contribution in [0, 0.1) is 12.8 Å². The number of hydrogen-bond acceptors (Lipinski definition) is 6. The number of benzene rings is 2. The lowest BCUT2D eigenvalue weighted by atomic mass is 10.0. The Labute approximate surface area is 218 Å². The molecule has 1 saturated heterocycles. The Bertz CT molecular complexity index is 1380. The van der Waals surface area contributed by atoms with Gasteiger partial charge in [-0.1, -0.05) is 6.07 Å². The van der Waals surface area contributed by atoms with Gasteiger partial charge >= 0.3 is 0 Å². The van der Waals surface area contributed by atoms with E-state index >= 15 is 0 Å². The van der Waals surface area contributed by atoms with Crippen molar-refractivity contribution in [1.29, 1.82) is 0 Å². The molecule has 2 aromatic carbocycles. The molecule has 2 N–H and O–H groups in total. The molecule has 196 valence electrons. The molecule has 2 aliphatic rings. The number of piperidine rings is 1. The Hall–Kier alpha value is -3.01. The average molecular weight is 523 g/mol. The molecule has 8 nitrogen and oxygen atoms in total. The highest BCUT2D eigenvalue weighted by atomic mass is 32.2. The Morgan fingerprint density at radius 1 is 1.08 bits per heavy atom. The molecule has 3 aromatic rings. The summed E-state index contributed by atoms with van der Waals surface area (Å²) in [6.45, 7) is 4.49. The van der Waals surface area contributed by atoms with Crippen LogP contribution in [-0.2, 0) is 16.6 Å². The second-order valence-electron chi connectivity index (χ2n) is 10.2. The largest absolute Gasteiger partial charge is 0.493 e. The summed E-state index contributed by atoms with van der Waals surface area (Å²) in [5.41, 5.74) is 4.16. The van der Waals surface area contributed by atoms with E-state index in [1.807, 2.05) is 37.4 Å². The number of nitrogens with zero attached hydrogens (tertiary/aromatic N) is 2. The van der Waals surface area contributed by atoms with Gasteiger partial charge in [-0.05, 0) is 86.1 Å². The molecule has 0 bridgehead atoms. The third-order valence-corrected chi connectivity index (χ3v) is 8.53. The van der Waals surface area contributed by atoms with Crippen LogP contribution >= 0.6 is 0 Å². The minimum absolute atomic E-state index is 0.168. The number of ether oxygens (including phenoxy) is 1. The monoisotopic (exact) mass is 522 g/mol. The summed E-state index contributed by atoms with van der Waals surface area (Å²) in [6.07, 6.45) is 7.21. The molecule has 5 rings (SSSR count). The lowest BCUT2D eigenvalue weighted by Gasteiger charge is -2.30. The molecular formula is C28H34N4O4S. The second-order valence-corrected chi connectivity index (χ2v) is 12.2. The molecule has 0 radical (unpaired) electrons. The van der Waals surface area contributed by atoms with Crippen LogP contribution in [0.3, 0.4) is 0 Å². The van der Waals surface area contributed by atoms with E-state index < -0.39 is 10.0 Å². The quantitative estimate of drug-likeness (QED) is 0.439. The first-order valence-electron chi connectivity index (χ1n) is 12.9. The number of sulfonamides is 1. The van der Waals surface area contributed by atoms with Crippen molar-refractivity contribution in [2.24, 2.45) is 5.92 Å². The van der Waals surface area contributed by atoms with E-state index in [0.29, 0.717) is 31.1 Å². The Morgan fingerprint density at radius 2 is 1.81 bits per heavy atom. The summed E-state index contributed by atoms with van der Waals surface area (Å²) in [4.78, 5) is 17.5. The van der Waals surface area contributed by atoms with Crippen molar-refractivity contribution in [2.75, 3.05) is 31.3 Å². The number of amides is 1. The maximum absolute atomic E-state index is 12.8. The first-order valence-corrected chi connectivity index (χ1v) is 14.7. The van der Waals surface area contributed by atoms with Crippen molar-refractivity contribution >= 4 is 32.5 Å². The SMILES string of the molecule is Cc1c(NC(=O)c2ccc(OCC3CC3)cc2)ccc2cc(CNC3CCN(S(C)(=O)=O)CC3)cnc12. The van der Waals surface area contributed by atoms with Crippen molar-refractivity contribution in [3.8, 4) is 5.75 Å². The minimum Gasteiger partial charge on any atom is -0.493 e. The smallest absolute Gasteiger partial charge is 0.255 e. The number of carbonyl (C=O) groups is 1. The van der Waals surface area contributed by atoms with Crippen molar-refractivity contribution in [1.82, 2.24) is 14.6 Å². The van der Waals surface area contributed by atoms with E-state index in [1.54, 1.807) is 16.4 Å². The number of pyridine rings is 1. The molecule has 0 atom stereocenters. The highest BCUT2D eigenvalue weighted by Gasteiger charge is 2.24. The van der Waals surface area contributed by atoms with Gasteiger partial charge in [0, 0.05) is 48.5 Å². The van der Waals surface area contributed by atoms with Gasteiger partial charge in [0.2, 0.25) is 10.0 Å². The van der Waals surface area contributed by atoms with Gasteiger partial charge < -0.3 is 15.4 Å². The van der Waals surface area contributed by atoms with Crippen LogP contribution in [-0.4, -0.2) is 55.6 Å². The third-order valence-electron chi connectivity index (χ3n) is 7.23. The van der Waals surface area contributed by atoms with Gasteiger partial charge in [-0.2, -0.15) is 0 Å². The Kier molecular flexibility index (Phi) is 7.46. The topological polar surface area (TPSA) is 101 Å². The Balaban J connectivity index is 1.18. The summed E-state index contributed by atoms with van der Waals surface area (Å²) < 4.78 is 30.7. The number of carbonyl (C=O) groups excluding carboxylic acids is 1. The number of rotatable bonds is 9. The number of nitrogens with one attached hydrogen (secondary N) is 2. The molecule has 0 spiro atoms. The molecule has 1 aromatic heterocycles. The molecule has 1 aliphatic carbocycles. The van der Waals surface area contributed by atoms with Crippen LogP contribution < -0.4 is 15.4 Å². The molecule has 1 saturated carbocycles. The van der Waals surface area contributed by atoms with Crippen LogP contribution in [0.15, 0.2) is 48.7 Å². The van der Waals surface area contributed by atoms with E-state index in [4.69, 9.17) is 4.74 Å². The summed E-state index contributed by atoms with van der Waals surface area (Å²) in [6, 6.07) is 13.6. The lowest BCUT2D eigenvalue weighted by molar-refractivity contribution is 0.102. The molecular weight excluding hydrogens is 488 g/mol. The number of anilines is 1. The third kappa shape index (κ3) is 6.47. The average Bonchev–Trinajstić information content (AvgIpc) is 3.72. The van der Waals surface area contributed by atoms with E-state index in [-0.39, 0.29) is 11.9 Å². The van der Waals surface area contributed by atoms with E-state index in [1.165, 1.54) is 19.1 Å². The second kappa shape index (κ2) is 10.8. The zero-order chi connectivity index (χ0) is 26.0. The number of aromatic nitrogens is 1. The van der Waals surface area contributed by atoms with Gasteiger partial charge in [-0.3, -0.25) is 9.78 Å². The normalized spacial score (nSPS) is 17.1. The molecule has 1 amide bonds. The van der Waals surface area contributed by atoms with E-state index in [2.05, 4.69) is 21.7 Å². The fraction of sp³-hybridized carbons (Fsp3) is 0.429. The van der Waals surface area contributed by atoms with E-state index in [9.17, 15) is 13.2 Å². The number of hydrogen-bond donors (Lipinski definition) is 2. The van der Waals surface area contributed by atoms with Gasteiger partial charge in [0.1, 0.15) is 5.75 Å². The zero-order valence-electron chi connectivity index (χ0n) is 21.4. The van der Waals surface area contributed by atoms with Crippen molar-refractivity contribution in [3.63, 3.8) is 0 Å². The molecule has 9 heteroatoms. The highest BCUT2D eigenvalue weighted by Crippen LogP contribution is 2.30. The summed E-state index contributed by atoms with van der Waals surface area (Å²) in [5, 5.41) is 7.57. The predicted octanol–water partition coefficient (Wildman–Crippen LogP) is 4.10. The first-order chi connectivity index (χ1) is 17.8. The molecule has 37 heavy (non-hydrogen) atoms. The van der Waals surface area contributed by atoms with Gasteiger partial charge in [0.15, 0.2) is 0 Å². The van der Waals surface area contributed by atoms with Crippen molar-refractivity contribution in [3.05, 3.63) is 65.4 Å². The first kappa shape index (κ1) is 25.6. The van der Waals surface area contributed by atoms with Gasteiger partial charge in [0.25, 0.3) is 5.91 Å². The summed E-state index contributed by atoms with van der Waals surface area (Å²) in [5.74, 6) is 1.31. The van der Waals surface area contributed by atoms with Crippen LogP contribution in [0.1, 0.15) is 47.2 Å². The zero-order valence-corrected chi connectivity index (χ0v) is 22.2. The molecule has 2 fully saturated rings. The molecule has 1 aliphatic heterocycles. The van der Waals surface area contributed by atoms with Gasteiger partial charge in [-0.15, -0.1) is 0 Å². The number of aryl methyl sites for hydroxylation is 1. The van der Waals surface area contributed by atoms with Crippen LogP contribution in [0.25, 0.3) is 10.9 Å². The molecule has 0 unspecified atom stereocenters. The van der Waals surface area contributed by atoms with Crippen molar-refractivity contribution < 1.29 is 17.9 Å². The van der Waals surface area contributed by atoms with E-state index in [0.717, 1.165) is 52.9 Å². The van der Waals surface area contributed by atoms with Crippen LogP contribution in [0.5, 0.6) is 5.75 Å². The van der Waals surface area contributed by atoms with Gasteiger partial charge in [-0.25, -0.2) is 12.7 Å². The highest BCUT2D eigenvalue weighted by molar-refractivity contribution is 7.88. The minimum atomic E-state index is -3.11. The molecule has 2 heterocycles. The standard InChI is InChI=1S/C28H34N4O4S/c1-19-26(31-28(33)22-5-8-25(9-6-22)36-18-20-3-4-20)10-7-23-15-21(17-30-27(19)23)16-29-24-11-13-32(14-12-24)37(2,34)35/h5-10,15,17,20,24,29H,3-4,11-14,16,18H2,1-2H3,(H,31,33). The van der Waals surface area contributed by atoms with Crippen LogP contribution in [0.2, 0.25) is 0 Å². The lowest BCUT2D eigenvalue weighted by Crippen LogP contribution is -2.44. The maximum Gasteiger partial charge on any atom is 0.255 e. The van der Waals surface area contributed by atoms with Crippen molar-refractivity contribution in [2.45, 2.75) is 45.2 Å². The summed E-state index contributed by atoms with van der Waals surface area (Å²) >= 11 is 0.